The van der Waals surface area contributed by atoms with Gasteiger partial charge < -0.3 is 10.4 Å². The molecule has 6 heteroatoms. The highest BCUT2D eigenvalue weighted by atomic mass is 32.1. The molecule has 0 radical (unpaired) electrons. The van der Waals surface area contributed by atoms with Crippen LogP contribution < -0.4 is 5.32 Å². The van der Waals surface area contributed by atoms with E-state index in [1.165, 1.54) is 17.4 Å². The number of carbonyl (C=O) groups is 2. The Balaban J connectivity index is 1.84. The molecule has 5 nitrogen and oxygen atoms in total. The molecule has 1 fully saturated rings. The molecule has 1 saturated carbocycles. The normalized spacial score (nSPS) is 17.0. The molecule has 1 aliphatic carbocycles. The van der Waals surface area contributed by atoms with Crippen molar-refractivity contribution >= 4 is 38.6 Å². The molecule has 1 aromatic carbocycles. The number of nitrogens with one attached hydrogen (secondary N) is 1. The van der Waals surface area contributed by atoms with E-state index in [9.17, 15) is 9.59 Å². The summed E-state index contributed by atoms with van der Waals surface area (Å²) >= 11 is 1.31. The minimum Gasteiger partial charge on any atom is -0.478 e. The molecule has 1 aliphatic rings. The van der Waals surface area contributed by atoms with Crippen LogP contribution in [-0.2, 0) is 4.79 Å². The lowest BCUT2D eigenvalue weighted by Crippen LogP contribution is -2.30. The van der Waals surface area contributed by atoms with Crippen molar-refractivity contribution in [3.8, 4) is 0 Å². The van der Waals surface area contributed by atoms with E-state index in [0.29, 0.717) is 10.6 Å². The fourth-order valence-corrected chi connectivity index (χ4v) is 3.64. The Labute approximate surface area is 126 Å². The SMILES string of the molecule is CC1(C(=O)Nc2nc3ccc(C(=O)O)cc3s2)CCCC1. The number of fused-ring (bicyclic) bond motifs is 1. The van der Waals surface area contributed by atoms with Gasteiger partial charge >= 0.3 is 5.97 Å². The van der Waals surface area contributed by atoms with Crippen molar-refractivity contribution in [2.24, 2.45) is 5.41 Å². The van der Waals surface area contributed by atoms with Crippen LogP contribution >= 0.6 is 11.3 Å². The first-order valence-electron chi connectivity index (χ1n) is 6.93. The number of carboxylic acids is 1. The first kappa shape index (κ1) is 14.0. The fraction of sp³-hybridized carbons (Fsp3) is 0.400. The molecule has 1 amide bonds. The summed E-state index contributed by atoms with van der Waals surface area (Å²) in [7, 11) is 0. The van der Waals surface area contributed by atoms with Crippen LogP contribution in [0.2, 0.25) is 0 Å². The number of nitrogens with zero attached hydrogens (tertiary/aromatic N) is 1. The molecule has 0 unspecified atom stereocenters. The van der Waals surface area contributed by atoms with Gasteiger partial charge in [0, 0.05) is 5.41 Å². The van der Waals surface area contributed by atoms with Gasteiger partial charge in [0.15, 0.2) is 5.13 Å². The number of hydrogen-bond donors (Lipinski definition) is 2. The van der Waals surface area contributed by atoms with Gasteiger partial charge in [0.05, 0.1) is 15.8 Å². The predicted molar refractivity (Wildman–Crippen MR) is 81.8 cm³/mol. The Hall–Kier alpha value is -1.95. The average Bonchev–Trinajstić information content (AvgIpc) is 3.04. The second kappa shape index (κ2) is 5.11. The summed E-state index contributed by atoms with van der Waals surface area (Å²) < 4.78 is 0.766. The minimum atomic E-state index is -0.964. The highest BCUT2D eigenvalue weighted by Crippen LogP contribution is 2.39. The molecule has 3 rings (SSSR count). The monoisotopic (exact) mass is 304 g/mol. The molecule has 0 saturated heterocycles. The van der Waals surface area contributed by atoms with Gasteiger partial charge in [-0.1, -0.05) is 31.1 Å². The highest BCUT2D eigenvalue weighted by molar-refractivity contribution is 7.22. The topological polar surface area (TPSA) is 79.3 Å². The Morgan fingerprint density at radius 3 is 2.71 bits per heavy atom. The first-order valence-corrected chi connectivity index (χ1v) is 7.75. The zero-order valence-corrected chi connectivity index (χ0v) is 12.5. The molecule has 1 aromatic heterocycles. The van der Waals surface area contributed by atoms with Crippen molar-refractivity contribution in [3.05, 3.63) is 23.8 Å². The zero-order chi connectivity index (χ0) is 15.0. The fourth-order valence-electron chi connectivity index (χ4n) is 2.74. The molecule has 1 heterocycles. The minimum absolute atomic E-state index is 0.0116. The lowest BCUT2D eigenvalue weighted by Gasteiger charge is -2.21. The van der Waals surface area contributed by atoms with Crippen molar-refractivity contribution in [3.63, 3.8) is 0 Å². The third kappa shape index (κ3) is 2.63. The summed E-state index contributed by atoms with van der Waals surface area (Å²) in [6, 6.07) is 4.78. The number of aromatic carboxylic acids is 1. The van der Waals surface area contributed by atoms with E-state index < -0.39 is 5.97 Å². The summed E-state index contributed by atoms with van der Waals surface area (Å²) in [5, 5.41) is 12.4. The van der Waals surface area contributed by atoms with Gasteiger partial charge in [0.25, 0.3) is 0 Å². The maximum absolute atomic E-state index is 12.3. The Kier molecular flexibility index (Phi) is 3.41. The van der Waals surface area contributed by atoms with Crippen LogP contribution in [0.1, 0.15) is 43.0 Å². The summed E-state index contributed by atoms with van der Waals surface area (Å²) in [6.45, 7) is 1.99. The lowest BCUT2D eigenvalue weighted by molar-refractivity contribution is -0.124. The van der Waals surface area contributed by atoms with Crippen molar-refractivity contribution in [1.29, 1.82) is 0 Å². The molecule has 21 heavy (non-hydrogen) atoms. The number of hydrogen-bond acceptors (Lipinski definition) is 4. The van der Waals surface area contributed by atoms with E-state index in [1.54, 1.807) is 12.1 Å². The van der Waals surface area contributed by atoms with Crippen LogP contribution in [0.4, 0.5) is 5.13 Å². The number of carboxylic acid groups (broad SMARTS) is 1. The third-order valence-electron chi connectivity index (χ3n) is 4.11. The summed E-state index contributed by atoms with van der Waals surface area (Å²) in [5.74, 6) is -0.952. The van der Waals surface area contributed by atoms with Crippen LogP contribution in [-0.4, -0.2) is 22.0 Å². The second-order valence-electron chi connectivity index (χ2n) is 5.73. The quantitative estimate of drug-likeness (QED) is 0.909. The molecule has 0 atom stereocenters. The molecule has 2 aromatic rings. The second-order valence-corrected chi connectivity index (χ2v) is 6.76. The largest absolute Gasteiger partial charge is 0.478 e. The van der Waals surface area contributed by atoms with Gasteiger partial charge in [-0.3, -0.25) is 4.79 Å². The number of aromatic nitrogens is 1. The van der Waals surface area contributed by atoms with Gasteiger partial charge in [0.2, 0.25) is 5.91 Å². The maximum Gasteiger partial charge on any atom is 0.335 e. The van der Waals surface area contributed by atoms with Crippen LogP contribution in [0.25, 0.3) is 10.2 Å². The van der Waals surface area contributed by atoms with Crippen molar-refractivity contribution in [1.82, 2.24) is 4.98 Å². The van der Waals surface area contributed by atoms with Crippen molar-refractivity contribution in [2.45, 2.75) is 32.6 Å². The molecular weight excluding hydrogens is 288 g/mol. The Morgan fingerprint density at radius 1 is 1.33 bits per heavy atom. The van der Waals surface area contributed by atoms with E-state index >= 15 is 0 Å². The van der Waals surface area contributed by atoms with E-state index in [-0.39, 0.29) is 16.9 Å². The molecule has 0 spiro atoms. The van der Waals surface area contributed by atoms with Crippen molar-refractivity contribution < 1.29 is 14.7 Å². The lowest BCUT2D eigenvalue weighted by atomic mass is 9.88. The van der Waals surface area contributed by atoms with E-state index in [0.717, 1.165) is 30.4 Å². The van der Waals surface area contributed by atoms with Gasteiger partial charge in [-0.15, -0.1) is 0 Å². The van der Waals surface area contributed by atoms with Gasteiger partial charge in [-0.05, 0) is 31.0 Å². The number of thiazole rings is 1. The smallest absolute Gasteiger partial charge is 0.335 e. The predicted octanol–water partition coefficient (Wildman–Crippen LogP) is 3.51. The number of amides is 1. The standard InChI is InChI=1S/C15H16N2O3S/c1-15(6-2-3-7-15)13(20)17-14-16-10-5-4-9(12(18)19)8-11(10)21-14/h4-5,8H,2-3,6-7H2,1H3,(H,18,19)(H,16,17,20). The number of carbonyl (C=O) groups excluding carboxylic acids is 1. The Bertz CT molecular complexity index is 717. The van der Waals surface area contributed by atoms with E-state index in [2.05, 4.69) is 10.3 Å². The van der Waals surface area contributed by atoms with E-state index in [1.807, 2.05) is 6.92 Å². The summed E-state index contributed by atoms with van der Waals surface area (Å²) in [6.07, 6.45) is 4.00. The maximum atomic E-state index is 12.3. The molecule has 2 N–H and O–H groups in total. The summed E-state index contributed by atoms with van der Waals surface area (Å²) in [5.41, 5.74) is 0.632. The molecule has 0 aliphatic heterocycles. The van der Waals surface area contributed by atoms with Gasteiger partial charge in [-0.2, -0.15) is 0 Å². The molecule has 0 bridgehead atoms. The van der Waals surface area contributed by atoms with Crippen molar-refractivity contribution in [2.75, 3.05) is 5.32 Å². The number of rotatable bonds is 3. The van der Waals surface area contributed by atoms with Crippen LogP contribution in [0.3, 0.4) is 0 Å². The average molecular weight is 304 g/mol. The zero-order valence-electron chi connectivity index (χ0n) is 11.7. The number of benzene rings is 1. The molecule has 110 valence electrons. The number of anilines is 1. The highest BCUT2D eigenvalue weighted by Gasteiger charge is 2.36. The third-order valence-corrected chi connectivity index (χ3v) is 5.04. The Morgan fingerprint density at radius 2 is 2.05 bits per heavy atom. The van der Waals surface area contributed by atoms with Crippen LogP contribution in [0, 0.1) is 5.41 Å². The van der Waals surface area contributed by atoms with E-state index in [4.69, 9.17) is 5.11 Å². The first-order chi connectivity index (χ1) is 9.98. The van der Waals surface area contributed by atoms with Gasteiger partial charge in [-0.25, -0.2) is 9.78 Å². The molecular formula is C15H16N2O3S. The van der Waals surface area contributed by atoms with Gasteiger partial charge in [0.1, 0.15) is 0 Å². The van der Waals surface area contributed by atoms with Crippen LogP contribution in [0.5, 0.6) is 0 Å². The summed E-state index contributed by atoms with van der Waals surface area (Å²) in [4.78, 5) is 27.7. The van der Waals surface area contributed by atoms with Crippen LogP contribution in [0.15, 0.2) is 18.2 Å².